The lowest BCUT2D eigenvalue weighted by Crippen LogP contribution is -2.41. The van der Waals surface area contributed by atoms with Crippen molar-refractivity contribution in [1.82, 2.24) is 4.90 Å². The van der Waals surface area contributed by atoms with Gasteiger partial charge in [-0.1, -0.05) is 19.3 Å². The molecule has 2 heterocycles. The SMILES string of the molecule is O=[N+]([O-])c1cc2c(c(CN3CC[C@H]4CCCC[C@@H]4C3)c1)OCOC2. The van der Waals surface area contributed by atoms with Crippen LogP contribution in [0.5, 0.6) is 5.75 Å². The van der Waals surface area contributed by atoms with Crippen LogP contribution in [-0.2, 0) is 17.9 Å². The van der Waals surface area contributed by atoms with Crippen LogP contribution >= 0.6 is 0 Å². The predicted octanol–water partition coefficient (Wildman–Crippen LogP) is 3.47. The van der Waals surface area contributed by atoms with E-state index in [9.17, 15) is 10.1 Å². The van der Waals surface area contributed by atoms with E-state index in [4.69, 9.17) is 9.47 Å². The first-order valence-electron chi connectivity index (χ1n) is 8.94. The fourth-order valence-electron chi connectivity index (χ4n) is 4.56. The normalized spacial score (nSPS) is 27.0. The van der Waals surface area contributed by atoms with E-state index < -0.39 is 0 Å². The number of likely N-dealkylation sites (tertiary alicyclic amines) is 1. The Hall–Kier alpha value is -1.66. The first kappa shape index (κ1) is 15.8. The molecule has 24 heavy (non-hydrogen) atoms. The summed E-state index contributed by atoms with van der Waals surface area (Å²) in [6.07, 6.45) is 6.70. The van der Waals surface area contributed by atoms with Gasteiger partial charge < -0.3 is 9.47 Å². The maximum absolute atomic E-state index is 11.2. The molecule has 4 rings (SSSR count). The van der Waals surface area contributed by atoms with Gasteiger partial charge in [0.2, 0.25) is 0 Å². The Balaban J connectivity index is 1.55. The lowest BCUT2D eigenvalue weighted by Gasteiger charge is -2.41. The van der Waals surface area contributed by atoms with Crippen LogP contribution in [0.25, 0.3) is 0 Å². The zero-order valence-corrected chi connectivity index (χ0v) is 13.9. The number of fused-ring (bicyclic) bond motifs is 2. The molecule has 0 unspecified atom stereocenters. The second kappa shape index (κ2) is 6.69. The molecule has 0 N–H and O–H groups in total. The number of nitro groups is 1. The second-order valence-electron chi connectivity index (χ2n) is 7.29. The third kappa shape index (κ3) is 3.13. The van der Waals surface area contributed by atoms with Gasteiger partial charge in [-0.2, -0.15) is 0 Å². The molecular weight excluding hydrogens is 308 g/mol. The number of benzene rings is 1. The van der Waals surface area contributed by atoms with Crippen molar-refractivity contribution in [2.45, 2.75) is 45.3 Å². The van der Waals surface area contributed by atoms with Gasteiger partial charge in [-0.15, -0.1) is 0 Å². The highest BCUT2D eigenvalue weighted by Gasteiger charge is 2.32. The van der Waals surface area contributed by atoms with Gasteiger partial charge in [0.25, 0.3) is 5.69 Å². The summed E-state index contributed by atoms with van der Waals surface area (Å²) in [6.45, 7) is 3.53. The standard InChI is InChI=1S/C18H24N2O4/c21-20(22)17-7-15(18-16(8-17)11-23-12-24-18)10-19-6-5-13-3-1-2-4-14(13)9-19/h7-8,13-14H,1-6,9-12H2/t13-,14-/m1/s1. The molecule has 2 aliphatic heterocycles. The number of non-ortho nitro benzene ring substituents is 1. The van der Waals surface area contributed by atoms with Crippen LogP contribution < -0.4 is 4.74 Å². The summed E-state index contributed by atoms with van der Waals surface area (Å²) in [5, 5.41) is 11.2. The van der Waals surface area contributed by atoms with Crippen LogP contribution in [0.15, 0.2) is 12.1 Å². The van der Waals surface area contributed by atoms with Crippen LogP contribution in [0.3, 0.4) is 0 Å². The second-order valence-corrected chi connectivity index (χ2v) is 7.29. The number of piperidine rings is 1. The van der Waals surface area contributed by atoms with Gasteiger partial charge in [0, 0.05) is 36.3 Å². The average molecular weight is 332 g/mol. The third-order valence-corrected chi connectivity index (χ3v) is 5.75. The van der Waals surface area contributed by atoms with E-state index in [2.05, 4.69) is 4.90 Å². The van der Waals surface area contributed by atoms with Gasteiger partial charge >= 0.3 is 0 Å². The van der Waals surface area contributed by atoms with Crippen molar-refractivity contribution in [3.63, 3.8) is 0 Å². The number of ether oxygens (including phenoxy) is 2. The van der Waals surface area contributed by atoms with Gasteiger partial charge in [0.1, 0.15) is 5.75 Å². The van der Waals surface area contributed by atoms with Gasteiger partial charge in [0.05, 0.1) is 11.5 Å². The molecular formula is C18H24N2O4. The van der Waals surface area contributed by atoms with Crippen LogP contribution in [-0.4, -0.2) is 29.7 Å². The molecule has 0 spiro atoms. The van der Waals surface area contributed by atoms with E-state index in [0.29, 0.717) is 6.61 Å². The first-order valence-corrected chi connectivity index (χ1v) is 8.94. The maximum Gasteiger partial charge on any atom is 0.270 e. The fourth-order valence-corrected chi connectivity index (χ4v) is 4.56. The third-order valence-electron chi connectivity index (χ3n) is 5.75. The molecule has 1 saturated carbocycles. The van der Waals surface area contributed by atoms with Crippen molar-refractivity contribution in [3.8, 4) is 5.75 Å². The lowest BCUT2D eigenvalue weighted by atomic mass is 9.75. The summed E-state index contributed by atoms with van der Waals surface area (Å²) in [5.74, 6) is 2.47. The highest BCUT2D eigenvalue weighted by atomic mass is 16.7. The molecule has 0 amide bonds. The van der Waals surface area contributed by atoms with Crippen LogP contribution in [0.4, 0.5) is 5.69 Å². The molecule has 1 aromatic carbocycles. The molecule has 1 aliphatic carbocycles. The molecule has 2 fully saturated rings. The number of hydrogen-bond acceptors (Lipinski definition) is 5. The van der Waals surface area contributed by atoms with E-state index in [1.54, 1.807) is 12.1 Å². The van der Waals surface area contributed by atoms with Crippen LogP contribution in [0.1, 0.15) is 43.2 Å². The number of nitro benzene ring substituents is 1. The Morgan fingerprint density at radius 2 is 2.04 bits per heavy atom. The van der Waals surface area contributed by atoms with E-state index in [1.807, 2.05) is 0 Å². The van der Waals surface area contributed by atoms with Crippen molar-refractivity contribution < 1.29 is 14.4 Å². The summed E-state index contributed by atoms with van der Waals surface area (Å²) >= 11 is 0. The molecule has 6 nitrogen and oxygen atoms in total. The molecule has 3 aliphatic rings. The maximum atomic E-state index is 11.2. The zero-order valence-electron chi connectivity index (χ0n) is 13.9. The Morgan fingerprint density at radius 3 is 2.88 bits per heavy atom. The highest BCUT2D eigenvalue weighted by molar-refractivity contribution is 5.50. The van der Waals surface area contributed by atoms with E-state index in [0.717, 1.165) is 48.3 Å². The summed E-state index contributed by atoms with van der Waals surface area (Å²) in [6, 6.07) is 3.25. The number of nitrogens with zero attached hydrogens (tertiary/aromatic N) is 2. The van der Waals surface area contributed by atoms with Gasteiger partial charge in [0.15, 0.2) is 6.79 Å². The van der Waals surface area contributed by atoms with Gasteiger partial charge in [-0.05, 0) is 31.2 Å². The molecule has 2 atom stereocenters. The molecule has 6 heteroatoms. The van der Waals surface area contributed by atoms with Crippen LogP contribution in [0.2, 0.25) is 0 Å². The topological polar surface area (TPSA) is 64.8 Å². The predicted molar refractivity (Wildman–Crippen MR) is 88.7 cm³/mol. The van der Waals surface area contributed by atoms with Crippen molar-refractivity contribution in [1.29, 1.82) is 0 Å². The molecule has 0 radical (unpaired) electrons. The minimum absolute atomic E-state index is 0.130. The Bertz CT molecular complexity index is 634. The monoisotopic (exact) mass is 332 g/mol. The number of hydrogen-bond donors (Lipinski definition) is 0. The van der Waals surface area contributed by atoms with Crippen LogP contribution in [0, 0.1) is 22.0 Å². The lowest BCUT2D eigenvalue weighted by molar-refractivity contribution is -0.385. The Labute approximate surface area is 141 Å². The minimum Gasteiger partial charge on any atom is -0.467 e. The average Bonchev–Trinajstić information content (AvgIpc) is 2.61. The van der Waals surface area contributed by atoms with E-state index in [1.165, 1.54) is 32.1 Å². The van der Waals surface area contributed by atoms with E-state index >= 15 is 0 Å². The smallest absolute Gasteiger partial charge is 0.270 e. The molecule has 0 aromatic heterocycles. The molecule has 1 aromatic rings. The van der Waals surface area contributed by atoms with Crippen molar-refractivity contribution in [3.05, 3.63) is 33.4 Å². The van der Waals surface area contributed by atoms with Crippen molar-refractivity contribution in [2.75, 3.05) is 19.9 Å². The summed E-state index contributed by atoms with van der Waals surface area (Å²) in [7, 11) is 0. The fraction of sp³-hybridized carbons (Fsp3) is 0.667. The van der Waals surface area contributed by atoms with Crippen molar-refractivity contribution >= 4 is 5.69 Å². The summed E-state index contributed by atoms with van der Waals surface area (Å²) in [4.78, 5) is 13.4. The zero-order chi connectivity index (χ0) is 16.5. The van der Waals surface area contributed by atoms with Gasteiger partial charge in [-0.3, -0.25) is 15.0 Å². The summed E-state index contributed by atoms with van der Waals surface area (Å²) < 4.78 is 11.0. The summed E-state index contributed by atoms with van der Waals surface area (Å²) in [5.41, 5.74) is 1.85. The number of rotatable bonds is 3. The van der Waals surface area contributed by atoms with Crippen molar-refractivity contribution in [2.24, 2.45) is 11.8 Å². The Morgan fingerprint density at radius 1 is 1.21 bits per heavy atom. The first-order chi connectivity index (χ1) is 11.7. The molecule has 1 saturated heterocycles. The molecule has 0 bridgehead atoms. The Kier molecular flexibility index (Phi) is 4.41. The molecule has 130 valence electrons. The highest BCUT2D eigenvalue weighted by Crippen LogP contribution is 2.38. The minimum atomic E-state index is -0.328. The van der Waals surface area contributed by atoms with Gasteiger partial charge in [-0.25, -0.2) is 0 Å². The quantitative estimate of drug-likeness (QED) is 0.626. The van der Waals surface area contributed by atoms with E-state index in [-0.39, 0.29) is 17.4 Å². The largest absolute Gasteiger partial charge is 0.467 e.